The van der Waals surface area contributed by atoms with Gasteiger partial charge in [-0.15, -0.1) is 0 Å². The Balaban J connectivity index is 2.53. The van der Waals surface area contributed by atoms with Crippen molar-refractivity contribution in [2.75, 3.05) is 0 Å². The van der Waals surface area contributed by atoms with Crippen LogP contribution in [0, 0.1) is 6.92 Å². The van der Waals surface area contributed by atoms with Crippen LogP contribution in [0.4, 0.5) is 0 Å². The maximum absolute atomic E-state index is 11.2. The molecule has 2 rings (SSSR count). The van der Waals surface area contributed by atoms with Gasteiger partial charge in [0.05, 0.1) is 5.69 Å². The molecule has 0 unspecified atom stereocenters. The molecule has 0 bridgehead atoms. The lowest BCUT2D eigenvalue weighted by Gasteiger charge is -2.02. The molecular weight excluding hydrogens is 228 g/mol. The third kappa shape index (κ3) is 2.09. The minimum absolute atomic E-state index is 0.158. The van der Waals surface area contributed by atoms with E-state index in [0.717, 1.165) is 5.69 Å². The van der Waals surface area contributed by atoms with E-state index < -0.39 is 0 Å². The van der Waals surface area contributed by atoms with Crippen LogP contribution in [-0.4, -0.2) is 25.5 Å². The second kappa shape index (κ2) is 4.02. The van der Waals surface area contributed by atoms with Crippen molar-refractivity contribution < 1.29 is 4.79 Å². The molecule has 6 heteroatoms. The summed E-state index contributed by atoms with van der Waals surface area (Å²) in [6.45, 7) is 3.28. The fourth-order valence-corrected chi connectivity index (χ4v) is 1.39. The van der Waals surface area contributed by atoms with Crippen LogP contribution in [0.3, 0.4) is 0 Å². The van der Waals surface area contributed by atoms with Crippen LogP contribution in [-0.2, 0) is 0 Å². The number of hydrogen-bond acceptors (Lipinski definition) is 4. The summed E-state index contributed by atoms with van der Waals surface area (Å²) in [7, 11) is 0. The lowest BCUT2D eigenvalue weighted by atomic mass is 10.3. The molecule has 82 valence electrons. The van der Waals surface area contributed by atoms with Crippen LogP contribution in [0.25, 0.3) is 5.95 Å². The lowest BCUT2D eigenvalue weighted by Crippen LogP contribution is -2.07. The molecular formula is C10H9ClN4O. The van der Waals surface area contributed by atoms with Gasteiger partial charge < -0.3 is 0 Å². The van der Waals surface area contributed by atoms with Gasteiger partial charge in [0.15, 0.2) is 5.78 Å². The summed E-state index contributed by atoms with van der Waals surface area (Å²) in [5.41, 5.74) is 1.12. The van der Waals surface area contributed by atoms with E-state index in [9.17, 15) is 4.79 Å². The van der Waals surface area contributed by atoms with Crippen molar-refractivity contribution in [1.82, 2.24) is 19.7 Å². The van der Waals surface area contributed by atoms with Gasteiger partial charge in [0.1, 0.15) is 10.8 Å². The molecule has 0 N–H and O–H groups in total. The van der Waals surface area contributed by atoms with Gasteiger partial charge in [0.25, 0.3) is 5.95 Å². The first-order valence-electron chi connectivity index (χ1n) is 4.64. The van der Waals surface area contributed by atoms with E-state index in [4.69, 9.17) is 11.6 Å². The summed E-state index contributed by atoms with van der Waals surface area (Å²) in [4.78, 5) is 19.3. The van der Waals surface area contributed by atoms with E-state index in [1.165, 1.54) is 17.7 Å². The number of carbonyl (C=O) groups is 1. The van der Waals surface area contributed by atoms with Crippen LogP contribution >= 0.6 is 11.6 Å². The highest BCUT2D eigenvalue weighted by atomic mass is 35.5. The molecule has 5 nitrogen and oxygen atoms in total. The van der Waals surface area contributed by atoms with Crippen LogP contribution in [0.15, 0.2) is 18.3 Å². The molecule has 2 heterocycles. The maximum atomic E-state index is 11.2. The van der Waals surface area contributed by atoms with Crippen molar-refractivity contribution in [3.8, 4) is 5.95 Å². The van der Waals surface area contributed by atoms with Crippen molar-refractivity contribution in [1.29, 1.82) is 0 Å². The molecule has 0 fully saturated rings. The Morgan fingerprint density at radius 3 is 2.75 bits per heavy atom. The van der Waals surface area contributed by atoms with Gasteiger partial charge in [0.2, 0.25) is 0 Å². The molecule has 0 amide bonds. The normalized spacial score (nSPS) is 10.4. The zero-order chi connectivity index (χ0) is 11.7. The Kier molecular flexibility index (Phi) is 2.70. The number of Topliss-reactive ketones (excluding diaryl/α,β-unsaturated/α-hetero) is 1. The standard InChI is InChI=1S/C10H9ClN4O/c1-6-3-4-15(14-6)10-12-8(7(2)16)5-9(11)13-10/h3-5H,1-2H3. The Labute approximate surface area is 97.1 Å². The first kappa shape index (κ1) is 10.8. The van der Waals surface area contributed by atoms with Crippen molar-refractivity contribution in [3.63, 3.8) is 0 Å². The summed E-state index contributed by atoms with van der Waals surface area (Å²) < 4.78 is 1.48. The molecule has 2 aromatic heterocycles. The third-order valence-corrected chi connectivity index (χ3v) is 2.16. The van der Waals surface area contributed by atoms with Gasteiger partial charge >= 0.3 is 0 Å². The van der Waals surface area contributed by atoms with E-state index >= 15 is 0 Å². The maximum Gasteiger partial charge on any atom is 0.252 e. The second-order valence-corrected chi connectivity index (χ2v) is 3.72. The highest BCUT2D eigenvalue weighted by molar-refractivity contribution is 6.29. The Bertz CT molecular complexity index is 550. The van der Waals surface area contributed by atoms with Crippen LogP contribution < -0.4 is 0 Å². The van der Waals surface area contributed by atoms with Gasteiger partial charge in [-0.3, -0.25) is 4.79 Å². The highest BCUT2D eigenvalue weighted by Crippen LogP contribution is 2.10. The molecule has 0 aliphatic carbocycles. The minimum atomic E-state index is -0.158. The first-order chi connectivity index (χ1) is 7.56. The Hall–Kier alpha value is -1.75. The SMILES string of the molecule is CC(=O)c1cc(Cl)nc(-n2ccc(C)n2)n1. The van der Waals surface area contributed by atoms with Crippen molar-refractivity contribution in [2.24, 2.45) is 0 Å². The lowest BCUT2D eigenvalue weighted by molar-refractivity contribution is 0.101. The quantitative estimate of drug-likeness (QED) is 0.590. The van der Waals surface area contributed by atoms with Gasteiger partial charge in [0, 0.05) is 19.2 Å². The van der Waals surface area contributed by atoms with E-state index in [2.05, 4.69) is 15.1 Å². The van der Waals surface area contributed by atoms with Gasteiger partial charge in [-0.25, -0.2) is 9.67 Å². The predicted octanol–water partition coefficient (Wildman–Crippen LogP) is 1.83. The van der Waals surface area contributed by atoms with Gasteiger partial charge in [-0.1, -0.05) is 11.6 Å². The number of nitrogens with zero attached hydrogens (tertiary/aromatic N) is 4. The highest BCUT2D eigenvalue weighted by Gasteiger charge is 2.09. The van der Waals surface area contributed by atoms with Crippen LogP contribution in [0.5, 0.6) is 0 Å². The fraction of sp³-hybridized carbons (Fsp3) is 0.200. The summed E-state index contributed by atoms with van der Waals surface area (Å²) >= 11 is 5.81. The zero-order valence-electron chi connectivity index (χ0n) is 8.81. The van der Waals surface area contributed by atoms with Crippen LogP contribution in [0.1, 0.15) is 23.1 Å². The molecule has 0 aliphatic heterocycles. The molecule has 0 spiro atoms. The predicted molar refractivity (Wildman–Crippen MR) is 58.9 cm³/mol. The molecule has 0 saturated heterocycles. The number of hydrogen-bond donors (Lipinski definition) is 0. The zero-order valence-corrected chi connectivity index (χ0v) is 9.56. The Morgan fingerprint density at radius 1 is 1.44 bits per heavy atom. The summed E-state index contributed by atoms with van der Waals surface area (Å²) in [6, 6.07) is 3.25. The summed E-state index contributed by atoms with van der Waals surface area (Å²) in [6.07, 6.45) is 1.71. The topological polar surface area (TPSA) is 60.7 Å². The minimum Gasteiger partial charge on any atom is -0.293 e. The largest absolute Gasteiger partial charge is 0.293 e. The van der Waals surface area contributed by atoms with Gasteiger partial charge in [-0.2, -0.15) is 10.1 Å². The van der Waals surface area contributed by atoms with Crippen molar-refractivity contribution >= 4 is 17.4 Å². The van der Waals surface area contributed by atoms with Crippen LogP contribution in [0.2, 0.25) is 5.15 Å². The number of aryl methyl sites for hydroxylation is 1. The van der Waals surface area contributed by atoms with E-state index in [0.29, 0.717) is 5.95 Å². The third-order valence-electron chi connectivity index (χ3n) is 1.97. The number of halogens is 1. The van der Waals surface area contributed by atoms with Gasteiger partial charge in [-0.05, 0) is 13.0 Å². The molecule has 0 atom stereocenters. The average molecular weight is 237 g/mol. The van der Waals surface area contributed by atoms with Crippen molar-refractivity contribution in [3.05, 3.63) is 34.9 Å². The number of carbonyl (C=O) groups excluding carboxylic acids is 1. The molecule has 0 aromatic carbocycles. The number of ketones is 1. The van der Waals surface area contributed by atoms with E-state index in [-0.39, 0.29) is 16.6 Å². The smallest absolute Gasteiger partial charge is 0.252 e. The average Bonchev–Trinajstić information content (AvgIpc) is 2.64. The molecule has 0 aliphatic rings. The first-order valence-corrected chi connectivity index (χ1v) is 5.02. The molecule has 0 saturated carbocycles. The number of rotatable bonds is 2. The summed E-state index contributed by atoms with van der Waals surface area (Å²) in [5, 5.41) is 4.37. The second-order valence-electron chi connectivity index (χ2n) is 3.33. The van der Waals surface area contributed by atoms with E-state index in [1.54, 1.807) is 6.20 Å². The van der Waals surface area contributed by atoms with E-state index in [1.807, 2.05) is 13.0 Å². The van der Waals surface area contributed by atoms with Crippen molar-refractivity contribution in [2.45, 2.75) is 13.8 Å². The summed E-state index contributed by atoms with van der Waals surface area (Å²) in [5.74, 6) is 0.139. The monoisotopic (exact) mass is 236 g/mol. The fourth-order valence-electron chi connectivity index (χ4n) is 1.21. The molecule has 16 heavy (non-hydrogen) atoms. The molecule has 2 aromatic rings. The number of aromatic nitrogens is 4. The Morgan fingerprint density at radius 2 is 2.19 bits per heavy atom. The molecule has 0 radical (unpaired) electrons.